The Morgan fingerprint density at radius 1 is 1.02 bits per heavy atom. The number of nitrogens with zero attached hydrogens (tertiary/aromatic N) is 4. The number of anilines is 1. The minimum Gasteiger partial charge on any atom is -0.380 e. The number of aromatic amines is 1. The lowest BCUT2D eigenvalue weighted by Gasteiger charge is -2.44. The summed E-state index contributed by atoms with van der Waals surface area (Å²) in [5.74, 6) is 0.0946. The number of piperidine rings is 1. The summed E-state index contributed by atoms with van der Waals surface area (Å²) in [6.07, 6.45) is 4.34. The number of hydrogen-bond acceptors (Lipinski definition) is 5. The van der Waals surface area contributed by atoms with Gasteiger partial charge in [0.1, 0.15) is 0 Å². The van der Waals surface area contributed by atoms with Crippen molar-refractivity contribution in [2.75, 3.05) is 63.9 Å². The molecular formula is C35H45N5O2. The smallest absolute Gasteiger partial charge is 0.195 e. The molecule has 2 aromatic carbocycles. The highest BCUT2D eigenvalue weighted by atomic mass is 16.5. The number of fused-ring (bicyclic) bond motifs is 4. The highest BCUT2D eigenvalue weighted by Crippen LogP contribution is 2.46. The first-order valence-corrected chi connectivity index (χ1v) is 15.9. The zero-order chi connectivity index (χ0) is 29.4. The largest absolute Gasteiger partial charge is 0.380 e. The van der Waals surface area contributed by atoms with Crippen molar-refractivity contribution in [2.45, 2.75) is 64.8 Å². The molecule has 0 amide bonds. The standard InChI is InChI=1S/C35H45N5O2/c1-6-19-42-20-18-38-14-16-39(17-15-38)26-10-12-40(13-11-26)31-23-29-28(21-24(31)7-2)33(41)32-27-9-8-25(36-5)22-30(27)37-34(32)35(29,3)4/h8-9,21-23,26,37H,6-7,10-20H2,1-4H3. The monoisotopic (exact) mass is 567 g/mol. The third-order valence-electron chi connectivity index (χ3n) is 9.91. The van der Waals surface area contributed by atoms with Crippen LogP contribution in [0, 0.1) is 6.57 Å². The average molecular weight is 568 g/mol. The van der Waals surface area contributed by atoms with Crippen molar-refractivity contribution in [3.63, 3.8) is 0 Å². The number of ketones is 1. The Balaban J connectivity index is 1.18. The van der Waals surface area contributed by atoms with Gasteiger partial charge >= 0.3 is 0 Å². The van der Waals surface area contributed by atoms with Gasteiger partial charge in [0.2, 0.25) is 0 Å². The van der Waals surface area contributed by atoms with Crippen LogP contribution >= 0.6 is 0 Å². The topological polar surface area (TPSA) is 56.2 Å². The highest BCUT2D eigenvalue weighted by molar-refractivity contribution is 6.20. The molecule has 3 aromatic rings. The number of carbonyl (C=O) groups is 1. The average Bonchev–Trinajstić information content (AvgIpc) is 3.42. The van der Waals surface area contributed by atoms with Crippen LogP contribution in [-0.2, 0) is 16.6 Å². The molecule has 42 heavy (non-hydrogen) atoms. The molecule has 7 heteroatoms. The van der Waals surface area contributed by atoms with E-state index < -0.39 is 0 Å². The lowest BCUT2D eigenvalue weighted by Crippen LogP contribution is -2.53. The molecule has 2 aliphatic heterocycles. The molecule has 2 fully saturated rings. The van der Waals surface area contributed by atoms with Crippen molar-refractivity contribution < 1.29 is 9.53 Å². The van der Waals surface area contributed by atoms with Gasteiger partial charge in [0, 0.05) is 91.7 Å². The van der Waals surface area contributed by atoms with E-state index in [0.29, 0.717) is 11.7 Å². The van der Waals surface area contributed by atoms with E-state index in [0.717, 1.165) is 105 Å². The Hall–Kier alpha value is -3.18. The van der Waals surface area contributed by atoms with Crippen LogP contribution in [0.25, 0.3) is 15.7 Å². The molecule has 1 aromatic heterocycles. The number of H-pyrrole nitrogens is 1. The van der Waals surface area contributed by atoms with Crippen molar-refractivity contribution in [2.24, 2.45) is 0 Å². The van der Waals surface area contributed by atoms with Gasteiger partial charge in [-0.1, -0.05) is 39.8 Å². The fourth-order valence-electron chi connectivity index (χ4n) is 7.41. The molecule has 1 N–H and O–H groups in total. The molecule has 0 spiro atoms. The van der Waals surface area contributed by atoms with E-state index in [9.17, 15) is 4.79 Å². The SMILES string of the molecule is [C-]#[N+]c1ccc2c3c([nH]c2c1)C(C)(C)c1cc(N2CCC(N4CCN(CCOCCC)CC4)CC2)c(CC)cc1C3=O. The molecule has 0 atom stereocenters. The fourth-order valence-corrected chi connectivity index (χ4v) is 7.41. The van der Waals surface area contributed by atoms with Crippen LogP contribution in [0.1, 0.15) is 79.7 Å². The normalized spacial score (nSPS) is 19.6. The van der Waals surface area contributed by atoms with E-state index in [4.69, 9.17) is 11.3 Å². The number of rotatable bonds is 8. The Morgan fingerprint density at radius 3 is 2.48 bits per heavy atom. The number of ether oxygens (including phenoxy) is 1. The van der Waals surface area contributed by atoms with E-state index in [-0.39, 0.29) is 11.2 Å². The van der Waals surface area contributed by atoms with Gasteiger partial charge in [0.05, 0.1) is 18.7 Å². The first-order valence-electron chi connectivity index (χ1n) is 15.9. The van der Waals surface area contributed by atoms with Crippen LogP contribution < -0.4 is 4.90 Å². The van der Waals surface area contributed by atoms with Gasteiger partial charge < -0.3 is 14.6 Å². The van der Waals surface area contributed by atoms with E-state index >= 15 is 0 Å². The van der Waals surface area contributed by atoms with Gasteiger partial charge in [0.15, 0.2) is 11.5 Å². The number of carbonyl (C=O) groups excluding carboxylic acids is 1. The first-order chi connectivity index (χ1) is 20.3. The van der Waals surface area contributed by atoms with Crippen molar-refractivity contribution in [1.29, 1.82) is 0 Å². The Labute approximate surface area is 250 Å². The van der Waals surface area contributed by atoms with Gasteiger partial charge in [0.25, 0.3) is 0 Å². The maximum Gasteiger partial charge on any atom is 0.195 e. The summed E-state index contributed by atoms with van der Waals surface area (Å²) in [5, 5.41) is 0.913. The summed E-state index contributed by atoms with van der Waals surface area (Å²) >= 11 is 0. The van der Waals surface area contributed by atoms with Crippen molar-refractivity contribution in [1.82, 2.24) is 14.8 Å². The van der Waals surface area contributed by atoms with E-state index in [1.807, 2.05) is 18.2 Å². The predicted molar refractivity (Wildman–Crippen MR) is 170 cm³/mol. The quantitative estimate of drug-likeness (QED) is 0.261. The maximum atomic E-state index is 14.0. The molecule has 6 rings (SSSR count). The summed E-state index contributed by atoms with van der Waals surface area (Å²) in [7, 11) is 0. The van der Waals surface area contributed by atoms with Crippen molar-refractivity contribution in [3.05, 3.63) is 69.7 Å². The molecule has 3 aliphatic rings. The van der Waals surface area contributed by atoms with Crippen LogP contribution in [0.15, 0.2) is 30.3 Å². The Kier molecular flexibility index (Phi) is 8.15. The van der Waals surface area contributed by atoms with E-state index in [2.05, 4.69) is 64.4 Å². The van der Waals surface area contributed by atoms with Crippen LogP contribution in [-0.4, -0.2) is 85.6 Å². The molecule has 1 aliphatic carbocycles. The molecule has 0 bridgehead atoms. The number of hydrogen-bond donors (Lipinski definition) is 1. The Morgan fingerprint density at radius 2 is 1.79 bits per heavy atom. The number of piperazine rings is 1. The molecule has 0 radical (unpaired) electrons. The minimum absolute atomic E-state index is 0.0946. The van der Waals surface area contributed by atoms with Crippen molar-refractivity contribution in [3.8, 4) is 0 Å². The first kappa shape index (κ1) is 28.9. The van der Waals surface area contributed by atoms with Gasteiger partial charge in [-0.05, 0) is 55.0 Å². The molecule has 222 valence electrons. The number of benzene rings is 2. The van der Waals surface area contributed by atoms with Crippen LogP contribution in [0.2, 0.25) is 0 Å². The van der Waals surface area contributed by atoms with Gasteiger partial charge in [-0.15, -0.1) is 0 Å². The zero-order valence-corrected chi connectivity index (χ0v) is 25.8. The fraction of sp³-hybridized carbons (Fsp3) is 0.543. The molecule has 2 saturated heterocycles. The van der Waals surface area contributed by atoms with Gasteiger partial charge in [-0.3, -0.25) is 14.6 Å². The molecule has 3 heterocycles. The van der Waals surface area contributed by atoms with Crippen LogP contribution in [0.5, 0.6) is 0 Å². The van der Waals surface area contributed by atoms with Crippen molar-refractivity contribution >= 4 is 28.1 Å². The zero-order valence-electron chi connectivity index (χ0n) is 25.8. The summed E-state index contributed by atoms with van der Waals surface area (Å²) in [6.45, 7) is 25.7. The molecule has 0 unspecified atom stereocenters. The second kappa shape index (κ2) is 11.8. The summed E-state index contributed by atoms with van der Waals surface area (Å²) < 4.78 is 5.70. The third-order valence-corrected chi connectivity index (χ3v) is 9.91. The number of nitrogens with one attached hydrogen (secondary N) is 1. The van der Waals surface area contributed by atoms with E-state index in [1.54, 1.807) is 0 Å². The molecule has 0 saturated carbocycles. The second-order valence-electron chi connectivity index (χ2n) is 12.8. The number of aryl methyl sites for hydroxylation is 1. The lowest BCUT2D eigenvalue weighted by molar-refractivity contribution is 0.0559. The third kappa shape index (κ3) is 5.15. The van der Waals surface area contributed by atoms with Gasteiger partial charge in [-0.25, -0.2) is 4.85 Å². The Bertz CT molecular complexity index is 1500. The summed E-state index contributed by atoms with van der Waals surface area (Å²) in [6, 6.07) is 10.8. The summed E-state index contributed by atoms with van der Waals surface area (Å²) in [5.41, 5.74) is 7.31. The lowest BCUT2D eigenvalue weighted by atomic mass is 9.70. The summed E-state index contributed by atoms with van der Waals surface area (Å²) in [4.78, 5) is 29.0. The molecular weight excluding hydrogens is 522 g/mol. The van der Waals surface area contributed by atoms with Crippen LogP contribution in [0.4, 0.5) is 11.4 Å². The number of aromatic nitrogens is 1. The highest BCUT2D eigenvalue weighted by Gasteiger charge is 2.41. The van der Waals surface area contributed by atoms with Gasteiger partial charge in [-0.2, -0.15) is 0 Å². The maximum absolute atomic E-state index is 14.0. The van der Waals surface area contributed by atoms with E-state index in [1.165, 1.54) is 24.1 Å². The predicted octanol–water partition coefficient (Wildman–Crippen LogP) is 6.16. The van der Waals surface area contributed by atoms with Crippen LogP contribution in [0.3, 0.4) is 0 Å². The minimum atomic E-state index is -0.351. The second-order valence-corrected chi connectivity index (χ2v) is 12.8. The molecule has 7 nitrogen and oxygen atoms in total.